The number of nitrogens with zero attached hydrogens (tertiary/aromatic N) is 1. The predicted octanol–water partition coefficient (Wildman–Crippen LogP) is 2.81. The minimum Gasteiger partial charge on any atom is -0.314 e. The van der Waals surface area contributed by atoms with Crippen LogP contribution in [-0.2, 0) is 6.42 Å². The average molecular weight is 255 g/mol. The number of hydrogen-bond acceptors (Lipinski definition) is 2. The molecule has 0 spiro atoms. The molecule has 1 rings (SSSR count). The smallest absolute Gasteiger partial charge is 0.0406 e. The van der Waals surface area contributed by atoms with Gasteiger partial charge in [-0.2, -0.15) is 0 Å². The van der Waals surface area contributed by atoms with E-state index in [1.807, 2.05) is 12.1 Å². The maximum atomic E-state index is 5.86. The summed E-state index contributed by atoms with van der Waals surface area (Å²) in [5.74, 6) is 0. The molecule has 0 bridgehead atoms. The van der Waals surface area contributed by atoms with Crippen molar-refractivity contribution in [1.29, 1.82) is 0 Å². The van der Waals surface area contributed by atoms with Crippen LogP contribution in [0, 0.1) is 0 Å². The van der Waals surface area contributed by atoms with E-state index in [1.54, 1.807) is 0 Å². The fraction of sp³-hybridized carbons (Fsp3) is 0.571. The van der Waals surface area contributed by atoms with E-state index in [0.29, 0.717) is 6.04 Å². The maximum Gasteiger partial charge on any atom is 0.0406 e. The Morgan fingerprint density at radius 2 is 1.88 bits per heavy atom. The summed E-state index contributed by atoms with van der Waals surface area (Å²) >= 11 is 5.86. The molecule has 0 amide bonds. The lowest BCUT2D eigenvalue weighted by Crippen LogP contribution is -2.30. The summed E-state index contributed by atoms with van der Waals surface area (Å²) in [6.45, 7) is 4.44. The fourth-order valence-corrected chi connectivity index (χ4v) is 1.92. The Labute approximate surface area is 110 Å². The highest BCUT2D eigenvalue weighted by Crippen LogP contribution is 2.10. The van der Waals surface area contributed by atoms with Crippen molar-refractivity contribution in [2.24, 2.45) is 0 Å². The van der Waals surface area contributed by atoms with Gasteiger partial charge >= 0.3 is 0 Å². The fourth-order valence-electron chi connectivity index (χ4n) is 1.79. The van der Waals surface area contributed by atoms with E-state index in [-0.39, 0.29) is 0 Å². The first-order valence-corrected chi connectivity index (χ1v) is 6.58. The zero-order valence-electron chi connectivity index (χ0n) is 11.0. The largest absolute Gasteiger partial charge is 0.314 e. The van der Waals surface area contributed by atoms with Crippen molar-refractivity contribution in [3.05, 3.63) is 34.9 Å². The normalized spacial score (nSPS) is 13.0. The average Bonchev–Trinajstić information content (AvgIpc) is 2.27. The molecule has 0 saturated heterocycles. The Morgan fingerprint density at radius 3 is 2.47 bits per heavy atom. The van der Waals surface area contributed by atoms with Crippen LogP contribution in [0.15, 0.2) is 24.3 Å². The summed E-state index contributed by atoms with van der Waals surface area (Å²) in [6.07, 6.45) is 2.25. The van der Waals surface area contributed by atoms with Gasteiger partial charge in [-0.1, -0.05) is 23.7 Å². The SMILES string of the molecule is CC(Cc1ccc(Cl)cc1)NCCCN(C)C. The summed E-state index contributed by atoms with van der Waals surface area (Å²) < 4.78 is 0. The molecule has 0 aliphatic heterocycles. The topological polar surface area (TPSA) is 15.3 Å². The van der Waals surface area contributed by atoms with Crippen LogP contribution in [0.25, 0.3) is 0 Å². The highest BCUT2D eigenvalue weighted by Gasteiger charge is 2.02. The van der Waals surface area contributed by atoms with Gasteiger partial charge in [0.15, 0.2) is 0 Å². The molecule has 0 fully saturated rings. The lowest BCUT2D eigenvalue weighted by Gasteiger charge is -2.15. The summed E-state index contributed by atoms with van der Waals surface area (Å²) in [4.78, 5) is 2.21. The van der Waals surface area contributed by atoms with Crippen molar-refractivity contribution >= 4 is 11.6 Å². The molecular weight excluding hydrogens is 232 g/mol. The standard InChI is InChI=1S/C14H23ClN2/c1-12(16-9-4-10-17(2)3)11-13-5-7-14(15)8-6-13/h5-8,12,16H,4,9-11H2,1-3H3. The Kier molecular flexibility index (Phi) is 6.56. The number of rotatable bonds is 7. The molecular formula is C14H23ClN2. The molecule has 1 aromatic rings. The summed E-state index contributed by atoms with van der Waals surface area (Å²) in [7, 11) is 4.22. The maximum absolute atomic E-state index is 5.86. The van der Waals surface area contributed by atoms with Crippen molar-refractivity contribution in [3.8, 4) is 0 Å². The summed E-state index contributed by atoms with van der Waals surface area (Å²) in [6, 6.07) is 8.62. The predicted molar refractivity (Wildman–Crippen MR) is 75.8 cm³/mol. The Bertz CT molecular complexity index is 309. The monoisotopic (exact) mass is 254 g/mol. The lowest BCUT2D eigenvalue weighted by molar-refractivity contribution is 0.388. The Morgan fingerprint density at radius 1 is 1.24 bits per heavy atom. The minimum atomic E-state index is 0.512. The van der Waals surface area contributed by atoms with Crippen LogP contribution < -0.4 is 5.32 Å². The highest BCUT2D eigenvalue weighted by molar-refractivity contribution is 6.30. The van der Waals surface area contributed by atoms with Gasteiger partial charge in [0.2, 0.25) is 0 Å². The Hall–Kier alpha value is -0.570. The molecule has 0 heterocycles. The molecule has 1 aromatic carbocycles. The van der Waals surface area contributed by atoms with Crippen LogP contribution >= 0.6 is 11.6 Å². The van der Waals surface area contributed by atoms with Crippen molar-refractivity contribution in [2.75, 3.05) is 27.2 Å². The second kappa shape index (κ2) is 7.70. The van der Waals surface area contributed by atoms with E-state index in [2.05, 4.69) is 43.4 Å². The van der Waals surface area contributed by atoms with E-state index in [1.165, 1.54) is 12.0 Å². The van der Waals surface area contributed by atoms with E-state index in [0.717, 1.165) is 24.5 Å². The number of halogens is 1. The van der Waals surface area contributed by atoms with Crippen LogP contribution in [0.2, 0.25) is 5.02 Å². The zero-order valence-corrected chi connectivity index (χ0v) is 11.8. The van der Waals surface area contributed by atoms with Crippen LogP contribution in [0.5, 0.6) is 0 Å². The molecule has 0 aliphatic carbocycles. The second-order valence-corrected chi connectivity index (χ2v) is 5.28. The van der Waals surface area contributed by atoms with Crippen molar-refractivity contribution in [1.82, 2.24) is 10.2 Å². The molecule has 1 N–H and O–H groups in total. The van der Waals surface area contributed by atoms with Crippen LogP contribution in [0.4, 0.5) is 0 Å². The first-order chi connectivity index (χ1) is 8.08. The number of benzene rings is 1. The first kappa shape index (κ1) is 14.5. The second-order valence-electron chi connectivity index (χ2n) is 4.84. The van der Waals surface area contributed by atoms with Crippen molar-refractivity contribution < 1.29 is 0 Å². The zero-order chi connectivity index (χ0) is 12.7. The molecule has 1 unspecified atom stereocenters. The molecule has 17 heavy (non-hydrogen) atoms. The van der Waals surface area contributed by atoms with Gasteiger partial charge in [-0.25, -0.2) is 0 Å². The van der Waals surface area contributed by atoms with Gasteiger partial charge < -0.3 is 10.2 Å². The molecule has 96 valence electrons. The van der Waals surface area contributed by atoms with E-state index >= 15 is 0 Å². The number of hydrogen-bond donors (Lipinski definition) is 1. The van der Waals surface area contributed by atoms with Gasteiger partial charge in [0.1, 0.15) is 0 Å². The van der Waals surface area contributed by atoms with Gasteiger partial charge in [0.25, 0.3) is 0 Å². The van der Waals surface area contributed by atoms with Crippen LogP contribution in [-0.4, -0.2) is 38.1 Å². The highest BCUT2D eigenvalue weighted by atomic mass is 35.5. The molecule has 1 atom stereocenters. The van der Waals surface area contributed by atoms with Crippen molar-refractivity contribution in [2.45, 2.75) is 25.8 Å². The third kappa shape index (κ3) is 6.67. The van der Waals surface area contributed by atoms with E-state index in [9.17, 15) is 0 Å². The minimum absolute atomic E-state index is 0.512. The Balaban J connectivity index is 2.20. The summed E-state index contributed by atoms with van der Waals surface area (Å²) in [5.41, 5.74) is 1.34. The van der Waals surface area contributed by atoms with Gasteiger partial charge in [0.05, 0.1) is 0 Å². The molecule has 3 heteroatoms. The molecule has 2 nitrogen and oxygen atoms in total. The number of nitrogens with one attached hydrogen (secondary N) is 1. The van der Waals surface area contributed by atoms with Crippen LogP contribution in [0.3, 0.4) is 0 Å². The molecule has 0 aromatic heterocycles. The van der Waals surface area contributed by atoms with Gasteiger partial charge in [-0.15, -0.1) is 0 Å². The molecule has 0 radical (unpaired) electrons. The summed E-state index contributed by atoms with van der Waals surface area (Å²) in [5, 5.41) is 4.35. The van der Waals surface area contributed by atoms with Crippen LogP contribution in [0.1, 0.15) is 18.9 Å². The van der Waals surface area contributed by atoms with Crippen molar-refractivity contribution in [3.63, 3.8) is 0 Å². The van der Waals surface area contributed by atoms with Gasteiger partial charge in [-0.05, 0) is 64.6 Å². The van der Waals surface area contributed by atoms with Gasteiger partial charge in [-0.3, -0.25) is 0 Å². The third-order valence-electron chi connectivity index (χ3n) is 2.73. The van der Waals surface area contributed by atoms with E-state index < -0.39 is 0 Å². The van der Waals surface area contributed by atoms with E-state index in [4.69, 9.17) is 11.6 Å². The first-order valence-electron chi connectivity index (χ1n) is 6.20. The molecule has 0 aliphatic rings. The third-order valence-corrected chi connectivity index (χ3v) is 2.98. The van der Waals surface area contributed by atoms with Gasteiger partial charge in [0, 0.05) is 11.1 Å². The quantitative estimate of drug-likeness (QED) is 0.753. The molecule has 0 saturated carbocycles. The lowest BCUT2D eigenvalue weighted by atomic mass is 10.1.